The molecule has 0 amide bonds. The number of pyridine rings is 1. The van der Waals surface area contributed by atoms with Crippen LogP contribution in [0, 0.1) is 0 Å². The number of nitrogens with two attached hydrogens (primary N) is 1. The van der Waals surface area contributed by atoms with Crippen LogP contribution in [-0.2, 0) is 17.7 Å². The molecule has 0 saturated heterocycles. The van der Waals surface area contributed by atoms with E-state index in [1.807, 2.05) is 25.3 Å². The maximum absolute atomic E-state index is 6.19. The summed E-state index contributed by atoms with van der Waals surface area (Å²) in [5, 5.41) is 6.75. The van der Waals surface area contributed by atoms with Gasteiger partial charge in [0.05, 0.1) is 24.2 Å². The molecule has 1 heterocycles. The molecule has 1 aliphatic carbocycles. The number of nitrogens with zero attached hydrogens (tertiary/aromatic N) is 1. The summed E-state index contributed by atoms with van der Waals surface area (Å²) >= 11 is 0. The minimum atomic E-state index is 0.167. The molecule has 0 bridgehead atoms. The molecule has 1 aromatic heterocycles. The van der Waals surface area contributed by atoms with Gasteiger partial charge in [-0.1, -0.05) is 37.3 Å². The highest BCUT2D eigenvalue weighted by Crippen LogP contribution is 2.23. The molecule has 0 spiro atoms. The van der Waals surface area contributed by atoms with Crippen LogP contribution in [0.5, 0.6) is 0 Å². The Morgan fingerprint density at radius 3 is 2.59 bits per heavy atom. The van der Waals surface area contributed by atoms with Gasteiger partial charge in [0.2, 0.25) is 0 Å². The van der Waals surface area contributed by atoms with E-state index in [1.165, 1.54) is 11.1 Å². The molecule has 5 heteroatoms. The molecular weight excluding hydrogens is 336 g/mol. The first-order valence-electron chi connectivity index (χ1n) is 9.52. The summed E-state index contributed by atoms with van der Waals surface area (Å²) in [5.41, 5.74) is 10.3. The number of rotatable bonds is 8. The van der Waals surface area contributed by atoms with Crippen molar-refractivity contribution in [2.24, 2.45) is 0 Å². The van der Waals surface area contributed by atoms with E-state index in [4.69, 9.17) is 10.5 Å². The third kappa shape index (κ3) is 5.26. The number of aromatic nitrogens is 1. The van der Waals surface area contributed by atoms with Gasteiger partial charge >= 0.3 is 0 Å². The number of benzene rings is 1. The van der Waals surface area contributed by atoms with Crippen LogP contribution in [0.4, 0.5) is 17.2 Å². The summed E-state index contributed by atoms with van der Waals surface area (Å²) in [6.45, 7) is 5.57. The summed E-state index contributed by atoms with van der Waals surface area (Å²) in [6.07, 6.45) is 9.87. The number of nitrogens with one attached hydrogen (secondary N) is 2. The van der Waals surface area contributed by atoms with E-state index >= 15 is 0 Å². The van der Waals surface area contributed by atoms with Crippen molar-refractivity contribution in [3.8, 4) is 0 Å². The highest BCUT2D eigenvalue weighted by atomic mass is 16.5. The highest BCUT2D eigenvalue weighted by Gasteiger charge is 2.11. The second kappa shape index (κ2) is 9.12. The maximum atomic E-state index is 6.19. The fourth-order valence-corrected chi connectivity index (χ4v) is 2.95. The largest absolute Gasteiger partial charge is 0.494 e. The molecule has 1 unspecified atom stereocenters. The van der Waals surface area contributed by atoms with E-state index in [0.29, 0.717) is 18.1 Å². The lowest BCUT2D eigenvalue weighted by Crippen LogP contribution is -2.20. The fourth-order valence-electron chi connectivity index (χ4n) is 2.95. The quantitative estimate of drug-likeness (QED) is 0.643. The van der Waals surface area contributed by atoms with Crippen LogP contribution in [0.1, 0.15) is 31.4 Å². The SMILES string of the molecule is CCOC1=CCC(Nc2ncc(NCc3ccc(CC)cc3)cc2N)C=C1. The zero-order valence-electron chi connectivity index (χ0n) is 16.0. The monoisotopic (exact) mass is 364 g/mol. The van der Waals surface area contributed by atoms with Gasteiger partial charge in [0, 0.05) is 12.6 Å². The lowest BCUT2D eigenvalue weighted by atomic mass is 10.1. The Labute approximate surface area is 161 Å². The van der Waals surface area contributed by atoms with Crippen LogP contribution in [0.3, 0.4) is 0 Å². The third-order valence-electron chi connectivity index (χ3n) is 4.54. The van der Waals surface area contributed by atoms with Gasteiger partial charge in [-0.2, -0.15) is 0 Å². The Morgan fingerprint density at radius 1 is 1.19 bits per heavy atom. The summed E-state index contributed by atoms with van der Waals surface area (Å²) in [6, 6.07) is 10.7. The standard InChI is InChI=1S/C22H28N4O/c1-3-16-5-7-17(8-6-16)14-24-19-13-21(23)22(25-15-19)26-18-9-11-20(12-10-18)27-4-2/h5-9,11-13,15,18,24H,3-4,10,14,23H2,1-2H3,(H,25,26). The molecule has 4 N–H and O–H groups in total. The number of allylic oxidation sites excluding steroid dienone is 1. The molecule has 142 valence electrons. The smallest absolute Gasteiger partial charge is 0.149 e. The summed E-state index contributed by atoms with van der Waals surface area (Å²) in [7, 11) is 0. The van der Waals surface area contributed by atoms with Crippen molar-refractivity contribution in [1.82, 2.24) is 4.98 Å². The number of aryl methyl sites for hydroxylation is 1. The fraction of sp³-hybridized carbons (Fsp3) is 0.318. The molecule has 0 radical (unpaired) electrons. The average Bonchev–Trinajstić information content (AvgIpc) is 2.70. The molecule has 3 rings (SSSR count). The lowest BCUT2D eigenvalue weighted by Gasteiger charge is -2.19. The summed E-state index contributed by atoms with van der Waals surface area (Å²) < 4.78 is 5.49. The zero-order valence-corrected chi connectivity index (χ0v) is 16.0. The van der Waals surface area contributed by atoms with Crippen LogP contribution in [0.25, 0.3) is 0 Å². The van der Waals surface area contributed by atoms with Gasteiger partial charge in [0.25, 0.3) is 0 Å². The normalized spacial score (nSPS) is 15.9. The number of hydrogen-bond acceptors (Lipinski definition) is 5. The van der Waals surface area contributed by atoms with Gasteiger partial charge in [-0.05, 0) is 49.1 Å². The molecule has 0 fully saturated rings. The first kappa shape index (κ1) is 18.8. The van der Waals surface area contributed by atoms with Crippen LogP contribution in [-0.4, -0.2) is 17.6 Å². The van der Waals surface area contributed by atoms with Crippen molar-refractivity contribution >= 4 is 17.2 Å². The van der Waals surface area contributed by atoms with E-state index in [9.17, 15) is 0 Å². The molecule has 5 nitrogen and oxygen atoms in total. The van der Waals surface area contributed by atoms with Crippen molar-refractivity contribution in [3.05, 3.63) is 71.6 Å². The second-order valence-corrected chi connectivity index (χ2v) is 6.57. The summed E-state index contributed by atoms with van der Waals surface area (Å²) in [4.78, 5) is 4.48. The molecule has 0 saturated carbocycles. The maximum Gasteiger partial charge on any atom is 0.149 e. The number of anilines is 3. The Kier molecular flexibility index (Phi) is 6.36. The Bertz CT molecular complexity index is 812. The number of ether oxygens (including phenoxy) is 1. The molecule has 1 aliphatic rings. The molecule has 2 aromatic rings. The number of hydrogen-bond donors (Lipinski definition) is 3. The lowest BCUT2D eigenvalue weighted by molar-refractivity contribution is 0.240. The van der Waals surface area contributed by atoms with Gasteiger partial charge in [0.1, 0.15) is 11.6 Å². The topological polar surface area (TPSA) is 72.2 Å². The van der Waals surface area contributed by atoms with Crippen molar-refractivity contribution in [2.75, 3.05) is 23.0 Å². The molecule has 1 aromatic carbocycles. The van der Waals surface area contributed by atoms with Crippen LogP contribution in [0.15, 0.2) is 60.5 Å². The molecule has 0 aliphatic heterocycles. The van der Waals surface area contributed by atoms with Gasteiger partial charge in [-0.15, -0.1) is 0 Å². The van der Waals surface area contributed by atoms with E-state index in [2.05, 4.69) is 59.0 Å². The molecular formula is C22H28N4O. The van der Waals surface area contributed by atoms with Crippen LogP contribution >= 0.6 is 0 Å². The average molecular weight is 364 g/mol. The number of nitrogen functional groups attached to an aromatic ring is 1. The minimum absolute atomic E-state index is 0.167. The Hall–Kier alpha value is -2.95. The van der Waals surface area contributed by atoms with Gasteiger partial charge in [-0.25, -0.2) is 4.98 Å². The first-order chi connectivity index (χ1) is 13.2. The van der Waals surface area contributed by atoms with Crippen molar-refractivity contribution in [2.45, 2.75) is 39.3 Å². The third-order valence-corrected chi connectivity index (χ3v) is 4.54. The van der Waals surface area contributed by atoms with Crippen molar-refractivity contribution < 1.29 is 4.74 Å². The second-order valence-electron chi connectivity index (χ2n) is 6.57. The minimum Gasteiger partial charge on any atom is -0.494 e. The van der Waals surface area contributed by atoms with Gasteiger partial charge in [0.15, 0.2) is 0 Å². The first-order valence-corrected chi connectivity index (χ1v) is 9.52. The van der Waals surface area contributed by atoms with Crippen molar-refractivity contribution in [3.63, 3.8) is 0 Å². The van der Waals surface area contributed by atoms with Gasteiger partial charge < -0.3 is 21.1 Å². The van der Waals surface area contributed by atoms with Crippen LogP contribution in [0.2, 0.25) is 0 Å². The van der Waals surface area contributed by atoms with E-state index in [1.54, 1.807) is 0 Å². The van der Waals surface area contributed by atoms with Gasteiger partial charge in [-0.3, -0.25) is 0 Å². The van der Waals surface area contributed by atoms with Crippen LogP contribution < -0.4 is 16.4 Å². The Morgan fingerprint density at radius 2 is 1.96 bits per heavy atom. The predicted octanol–water partition coefficient (Wildman–Crippen LogP) is 4.50. The molecule has 27 heavy (non-hydrogen) atoms. The Balaban J connectivity index is 1.55. The van der Waals surface area contributed by atoms with E-state index < -0.39 is 0 Å². The zero-order chi connectivity index (χ0) is 19.1. The van der Waals surface area contributed by atoms with Crippen molar-refractivity contribution in [1.29, 1.82) is 0 Å². The molecule has 1 atom stereocenters. The van der Waals surface area contributed by atoms with E-state index in [0.717, 1.165) is 30.8 Å². The summed E-state index contributed by atoms with van der Waals surface area (Å²) in [5.74, 6) is 1.62. The predicted molar refractivity (Wildman–Crippen MR) is 113 cm³/mol. The van der Waals surface area contributed by atoms with E-state index in [-0.39, 0.29) is 6.04 Å². The highest BCUT2D eigenvalue weighted by molar-refractivity contribution is 5.67.